The Labute approximate surface area is 210 Å². The van der Waals surface area contributed by atoms with Crippen LogP contribution >= 0.6 is 35.0 Å². The van der Waals surface area contributed by atoms with Gasteiger partial charge in [-0.1, -0.05) is 47.1 Å². The Morgan fingerprint density at radius 3 is 2.59 bits per heavy atom. The van der Waals surface area contributed by atoms with Gasteiger partial charge in [0.2, 0.25) is 0 Å². The topological polar surface area (TPSA) is 78.0 Å². The number of ketones is 1. The molecule has 0 saturated heterocycles. The monoisotopic (exact) mass is 510 g/mol. The third-order valence-corrected chi connectivity index (χ3v) is 7.09. The molecule has 0 spiro atoms. The lowest BCUT2D eigenvalue weighted by molar-refractivity contribution is 0.102. The van der Waals surface area contributed by atoms with Crippen molar-refractivity contribution in [2.75, 3.05) is 5.75 Å². The van der Waals surface area contributed by atoms with Crippen molar-refractivity contribution in [3.63, 3.8) is 0 Å². The average Bonchev–Trinajstić information content (AvgIpc) is 3.40. The van der Waals surface area contributed by atoms with E-state index in [0.717, 1.165) is 27.9 Å². The fourth-order valence-corrected chi connectivity index (χ4v) is 4.90. The number of carbonyl (C=O) groups excluding carboxylic acids is 1. The molecule has 172 valence electrons. The largest absolute Gasteiger partial charge is 0.293 e. The van der Waals surface area contributed by atoms with Crippen molar-refractivity contribution in [3.8, 4) is 0 Å². The molecule has 3 heterocycles. The number of aromatic nitrogens is 6. The minimum absolute atomic E-state index is 0.0726. The quantitative estimate of drug-likeness (QED) is 0.161. The summed E-state index contributed by atoms with van der Waals surface area (Å²) in [6, 6.07) is 14.7. The van der Waals surface area contributed by atoms with Crippen molar-refractivity contribution in [1.82, 2.24) is 29.4 Å². The van der Waals surface area contributed by atoms with Crippen LogP contribution in [0.4, 0.5) is 0 Å². The van der Waals surface area contributed by atoms with Crippen molar-refractivity contribution in [3.05, 3.63) is 81.4 Å². The van der Waals surface area contributed by atoms with E-state index in [1.807, 2.05) is 48.9 Å². The molecular formula is C24H20Cl2N6OS. The van der Waals surface area contributed by atoms with Crippen LogP contribution in [0.25, 0.3) is 16.6 Å². The average molecular weight is 511 g/mol. The van der Waals surface area contributed by atoms with E-state index in [9.17, 15) is 4.79 Å². The normalized spacial score (nSPS) is 11.5. The molecule has 5 rings (SSSR count). The molecule has 2 aromatic carbocycles. The van der Waals surface area contributed by atoms with Gasteiger partial charge in [0.05, 0.1) is 27.0 Å². The number of thioether (sulfide) groups is 1. The van der Waals surface area contributed by atoms with Gasteiger partial charge in [-0.05, 0) is 50.2 Å². The van der Waals surface area contributed by atoms with Crippen LogP contribution in [0.15, 0.2) is 53.7 Å². The highest BCUT2D eigenvalue weighted by molar-refractivity contribution is 7.99. The van der Waals surface area contributed by atoms with E-state index in [1.165, 1.54) is 11.8 Å². The SMILES string of the molecule is Cc1cc(C)n(CCc2nc3c4ccccc4nc(SCC(=O)c4ccc(Cl)c(Cl)c4)n3n2)n1. The molecule has 0 N–H and O–H groups in total. The number of carbonyl (C=O) groups is 1. The Bertz CT molecular complexity index is 1540. The molecule has 10 heteroatoms. The molecule has 7 nitrogen and oxygen atoms in total. The lowest BCUT2D eigenvalue weighted by atomic mass is 10.1. The smallest absolute Gasteiger partial charge is 0.192 e. The predicted molar refractivity (Wildman–Crippen MR) is 135 cm³/mol. The van der Waals surface area contributed by atoms with E-state index in [-0.39, 0.29) is 11.5 Å². The van der Waals surface area contributed by atoms with Crippen LogP contribution in [0.1, 0.15) is 27.6 Å². The Balaban J connectivity index is 1.44. The Kier molecular flexibility index (Phi) is 6.29. The first-order valence-electron chi connectivity index (χ1n) is 10.7. The fraction of sp³-hybridized carbons (Fsp3) is 0.208. The van der Waals surface area contributed by atoms with E-state index >= 15 is 0 Å². The number of hydrogen-bond donors (Lipinski definition) is 0. The van der Waals surface area contributed by atoms with Gasteiger partial charge in [-0.15, -0.1) is 5.10 Å². The standard InChI is InChI=1S/C24H20Cl2N6OS/c1-14-11-15(2)31(29-14)10-9-22-28-23-17-5-3-4-6-20(17)27-24(32(23)30-22)34-13-21(33)16-7-8-18(25)19(26)12-16/h3-8,11-12H,9-10,13H2,1-2H3. The van der Waals surface area contributed by atoms with Gasteiger partial charge >= 0.3 is 0 Å². The minimum atomic E-state index is -0.0726. The summed E-state index contributed by atoms with van der Waals surface area (Å²) < 4.78 is 3.69. The van der Waals surface area contributed by atoms with Gasteiger partial charge in [0, 0.05) is 29.6 Å². The maximum atomic E-state index is 12.8. The number of hydrogen-bond acceptors (Lipinski definition) is 6. The highest BCUT2D eigenvalue weighted by Crippen LogP contribution is 2.26. The zero-order chi connectivity index (χ0) is 23.8. The second kappa shape index (κ2) is 9.37. The molecular weight excluding hydrogens is 491 g/mol. The van der Waals surface area contributed by atoms with Gasteiger partial charge in [-0.3, -0.25) is 9.48 Å². The predicted octanol–water partition coefficient (Wildman–Crippen LogP) is 5.62. The summed E-state index contributed by atoms with van der Waals surface area (Å²) in [5, 5.41) is 11.5. The zero-order valence-electron chi connectivity index (χ0n) is 18.5. The van der Waals surface area contributed by atoms with Gasteiger partial charge in [0.15, 0.2) is 22.4 Å². The second-order valence-electron chi connectivity index (χ2n) is 7.92. The van der Waals surface area contributed by atoms with Gasteiger partial charge in [-0.2, -0.15) is 9.61 Å². The van der Waals surface area contributed by atoms with Crippen LogP contribution in [0.3, 0.4) is 0 Å². The molecule has 0 aliphatic rings. The first-order chi connectivity index (χ1) is 16.4. The van der Waals surface area contributed by atoms with E-state index in [0.29, 0.717) is 39.6 Å². The summed E-state index contributed by atoms with van der Waals surface area (Å²) in [4.78, 5) is 22.3. The van der Waals surface area contributed by atoms with Crippen LogP contribution in [0.2, 0.25) is 10.0 Å². The summed E-state index contributed by atoms with van der Waals surface area (Å²) in [6.45, 7) is 4.70. The Morgan fingerprint density at radius 1 is 1.00 bits per heavy atom. The molecule has 0 amide bonds. The Hall–Kier alpha value is -2.94. The van der Waals surface area contributed by atoms with Crippen LogP contribution in [-0.2, 0) is 13.0 Å². The van der Waals surface area contributed by atoms with E-state index in [1.54, 1.807) is 22.7 Å². The lowest BCUT2D eigenvalue weighted by Crippen LogP contribution is -2.07. The highest BCUT2D eigenvalue weighted by atomic mass is 35.5. The zero-order valence-corrected chi connectivity index (χ0v) is 20.8. The van der Waals surface area contributed by atoms with E-state index in [2.05, 4.69) is 5.10 Å². The van der Waals surface area contributed by atoms with E-state index < -0.39 is 0 Å². The summed E-state index contributed by atoms with van der Waals surface area (Å²) in [5.41, 5.74) is 4.12. The molecule has 0 bridgehead atoms. The number of para-hydroxylation sites is 1. The van der Waals surface area contributed by atoms with Crippen LogP contribution in [-0.4, -0.2) is 40.9 Å². The summed E-state index contributed by atoms with van der Waals surface area (Å²) in [5.74, 6) is 0.805. The van der Waals surface area contributed by atoms with Crippen LogP contribution < -0.4 is 0 Å². The van der Waals surface area contributed by atoms with Crippen molar-refractivity contribution < 1.29 is 4.79 Å². The third kappa shape index (κ3) is 4.53. The third-order valence-electron chi connectivity index (χ3n) is 5.42. The first-order valence-corrected chi connectivity index (χ1v) is 12.4. The molecule has 0 aliphatic carbocycles. The maximum Gasteiger partial charge on any atom is 0.192 e. The van der Waals surface area contributed by atoms with Gasteiger partial charge in [-0.25, -0.2) is 9.97 Å². The lowest BCUT2D eigenvalue weighted by Gasteiger charge is -2.06. The fourth-order valence-electron chi connectivity index (χ4n) is 3.76. The number of rotatable bonds is 7. The molecule has 34 heavy (non-hydrogen) atoms. The number of Topliss-reactive ketones (excluding diaryl/α,β-unsaturated/α-hetero) is 1. The van der Waals surface area contributed by atoms with Gasteiger partial charge in [0.1, 0.15) is 0 Å². The summed E-state index contributed by atoms with van der Waals surface area (Å²) in [6.07, 6.45) is 0.629. The van der Waals surface area contributed by atoms with Crippen molar-refractivity contribution in [2.45, 2.75) is 32.0 Å². The number of benzene rings is 2. The molecule has 3 aromatic heterocycles. The Morgan fingerprint density at radius 2 is 1.82 bits per heavy atom. The molecule has 0 saturated carbocycles. The van der Waals surface area contributed by atoms with Gasteiger partial charge in [0.25, 0.3) is 0 Å². The van der Waals surface area contributed by atoms with Crippen LogP contribution in [0, 0.1) is 13.8 Å². The van der Waals surface area contributed by atoms with Crippen molar-refractivity contribution in [1.29, 1.82) is 0 Å². The van der Waals surface area contributed by atoms with Crippen LogP contribution in [0.5, 0.6) is 0 Å². The molecule has 0 atom stereocenters. The maximum absolute atomic E-state index is 12.8. The van der Waals surface area contributed by atoms with Crippen molar-refractivity contribution >= 4 is 57.3 Å². The molecule has 5 aromatic rings. The summed E-state index contributed by atoms with van der Waals surface area (Å²) >= 11 is 13.4. The number of halogens is 2. The number of fused-ring (bicyclic) bond motifs is 3. The number of aryl methyl sites for hydroxylation is 4. The molecule has 0 aliphatic heterocycles. The first kappa shape index (κ1) is 22.8. The van der Waals surface area contributed by atoms with Gasteiger partial charge < -0.3 is 0 Å². The molecule has 0 fully saturated rings. The number of nitrogens with zero attached hydrogens (tertiary/aromatic N) is 6. The van der Waals surface area contributed by atoms with E-state index in [4.69, 9.17) is 38.3 Å². The molecule has 0 unspecified atom stereocenters. The highest BCUT2D eigenvalue weighted by Gasteiger charge is 2.16. The molecule has 0 radical (unpaired) electrons. The summed E-state index contributed by atoms with van der Waals surface area (Å²) in [7, 11) is 0. The van der Waals surface area contributed by atoms with Crippen molar-refractivity contribution in [2.24, 2.45) is 0 Å². The minimum Gasteiger partial charge on any atom is -0.293 e. The second-order valence-corrected chi connectivity index (χ2v) is 9.67.